The molecule has 0 radical (unpaired) electrons. The Kier molecular flexibility index (Phi) is 7.57. The molecule has 0 N–H and O–H groups in total. The summed E-state index contributed by atoms with van der Waals surface area (Å²) in [4.78, 5) is 30.1. The van der Waals surface area contributed by atoms with E-state index in [1.165, 1.54) is 0 Å². The number of aromatic nitrogens is 6. The van der Waals surface area contributed by atoms with Gasteiger partial charge in [0.25, 0.3) is 0 Å². The Morgan fingerprint density at radius 2 is 0.767 bits per heavy atom. The third-order valence-corrected chi connectivity index (χ3v) is 4.10. The van der Waals surface area contributed by atoms with E-state index in [4.69, 9.17) is 18.9 Å². The van der Waals surface area contributed by atoms with E-state index in [0.717, 1.165) is 0 Å². The van der Waals surface area contributed by atoms with Crippen LogP contribution < -0.4 is 28.7 Å². The summed E-state index contributed by atoms with van der Waals surface area (Å²) >= 11 is 0. The van der Waals surface area contributed by atoms with Crippen LogP contribution in [0.3, 0.4) is 0 Å². The van der Waals surface area contributed by atoms with Gasteiger partial charge in [0.15, 0.2) is 0 Å². The maximum Gasteiger partial charge on any atom is 0.324 e. The van der Waals surface area contributed by atoms with E-state index >= 15 is 0 Å². The maximum atomic E-state index is 5.45. The zero-order valence-corrected chi connectivity index (χ0v) is 17.9. The molecule has 0 amide bonds. The van der Waals surface area contributed by atoms with Gasteiger partial charge in [-0.2, -0.15) is 19.9 Å². The Bertz CT molecular complexity index is 701. The second kappa shape index (κ2) is 10.6. The molecule has 164 valence electrons. The number of piperazine rings is 1. The van der Waals surface area contributed by atoms with Crippen molar-refractivity contribution in [3.63, 3.8) is 0 Å². The first-order valence-electron chi connectivity index (χ1n) is 10.2. The fraction of sp³-hybridized carbons (Fsp3) is 0.667. The first-order valence-corrected chi connectivity index (χ1v) is 10.2. The van der Waals surface area contributed by atoms with Crippen molar-refractivity contribution in [1.82, 2.24) is 29.9 Å². The van der Waals surface area contributed by atoms with Crippen LogP contribution in [0.5, 0.6) is 24.0 Å². The molecule has 0 saturated carbocycles. The molecular weight excluding hydrogens is 392 g/mol. The molecule has 0 aliphatic carbocycles. The lowest BCUT2D eigenvalue weighted by molar-refractivity contribution is 0.278. The van der Waals surface area contributed by atoms with Crippen molar-refractivity contribution in [3.8, 4) is 24.0 Å². The lowest BCUT2D eigenvalue weighted by atomic mass is 10.3. The van der Waals surface area contributed by atoms with Crippen molar-refractivity contribution in [1.29, 1.82) is 0 Å². The fourth-order valence-corrected chi connectivity index (χ4v) is 2.82. The third kappa shape index (κ3) is 5.45. The van der Waals surface area contributed by atoms with E-state index in [0.29, 0.717) is 64.5 Å². The minimum atomic E-state index is 0.258. The first kappa shape index (κ1) is 21.5. The summed E-state index contributed by atoms with van der Waals surface area (Å²) in [5, 5.41) is 0. The molecule has 0 bridgehead atoms. The molecule has 0 spiro atoms. The number of nitrogens with zero attached hydrogens (tertiary/aromatic N) is 8. The molecule has 1 saturated heterocycles. The highest BCUT2D eigenvalue weighted by Gasteiger charge is 2.24. The van der Waals surface area contributed by atoms with Gasteiger partial charge in [-0.25, -0.2) is 0 Å². The lowest BCUT2D eigenvalue weighted by Crippen LogP contribution is -2.47. The molecule has 0 atom stereocenters. The van der Waals surface area contributed by atoms with Crippen LogP contribution in [-0.2, 0) is 0 Å². The van der Waals surface area contributed by atoms with Gasteiger partial charge in [-0.1, -0.05) is 0 Å². The Morgan fingerprint density at radius 3 is 1.00 bits per heavy atom. The van der Waals surface area contributed by atoms with Gasteiger partial charge >= 0.3 is 24.0 Å². The highest BCUT2D eigenvalue weighted by atomic mass is 16.5. The van der Waals surface area contributed by atoms with E-state index in [-0.39, 0.29) is 24.0 Å². The lowest BCUT2D eigenvalue weighted by Gasteiger charge is -2.34. The predicted molar refractivity (Wildman–Crippen MR) is 109 cm³/mol. The van der Waals surface area contributed by atoms with Crippen molar-refractivity contribution < 1.29 is 18.9 Å². The topological polar surface area (TPSA) is 121 Å². The zero-order chi connectivity index (χ0) is 21.3. The molecule has 12 heteroatoms. The van der Waals surface area contributed by atoms with Gasteiger partial charge in [-0.15, -0.1) is 9.97 Å². The summed E-state index contributed by atoms with van der Waals surface area (Å²) in [6.07, 6.45) is 0. The quantitative estimate of drug-likeness (QED) is 0.544. The highest BCUT2D eigenvalue weighted by molar-refractivity contribution is 5.39. The smallest absolute Gasteiger partial charge is 0.324 e. The van der Waals surface area contributed by atoms with Crippen LogP contribution in [0, 0.1) is 0 Å². The van der Waals surface area contributed by atoms with E-state index in [9.17, 15) is 0 Å². The van der Waals surface area contributed by atoms with Gasteiger partial charge in [-0.05, 0) is 27.7 Å². The van der Waals surface area contributed by atoms with Crippen molar-refractivity contribution in [2.45, 2.75) is 27.7 Å². The van der Waals surface area contributed by atoms with Crippen LogP contribution in [-0.4, -0.2) is 82.5 Å². The summed E-state index contributed by atoms with van der Waals surface area (Å²) in [5.41, 5.74) is 0. The van der Waals surface area contributed by atoms with Crippen LogP contribution in [0.25, 0.3) is 0 Å². The molecule has 12 nitrogen and oxygen atoms in total. The fourth-order valence-electron chi connectivity index (χ4n) is 2.82. The van der Waals surface area contributed by atoms with Gasteiger partial charge in [0.2, 0.25) is 11.9 Å². The van der Waals surface area contributed by atoms with Crippen LogP contribution >= 0.6 is 0 Å². The monoisotopic (exact) mass is 420 g/mol. The number of ether oxygens (including phenoxy) is 4. The third-order valence-electron chi connectivity index (χ3n) is 4.10. The predicted octanol–water partition coefficient (Wildman–Crippen LogP) is 0.978. The molecule has 3 heterocycles. The Balaban J connectivity index is 1.73. The first-order chi connectivity index (χ1) is 14.7. The normalized spacial score (nSPS) is 13.9. The molecule has 1 aliphatic heterocycles. The minimum absolute atomic E-state index is 0.258. The summed E-state index contributed by atoms with van der Waals surface area (Å²) in [5.74, 6) is 1.05. The van der Waals surface area contributed by atoms with Crippen LogP contribution in [0.15, 0.2) is 0 Å². The number of rotatable bonds is 10. The summed E-state index contributed by atoms with van der Waals surface area (Å²) in [6.45, 7) is 12.0. The molecule has 1 aliphatic rings. The number of hydrogen-bond donors (Lipinski definition) is 0. The van der Waals surface area contributed by atoms with E-state index in [1.54, 1.807) is 0 Å². The van der Waals surface area contributed by atoms with Gasteiger partial charge in [-0.3, -0.25) is 0 Å². The van der Waals surface area contributed by atoms with Gasteiger partial charge < -0.3 is 28.7 Å². The Morgan fingerprint density at radius 1 is 0.500 bits per heavy atom. The standard InChI is InChI=1S/C18H28N8O4/c1-5-27-15-19-13(20-16(23-15)28-6-2)25-9-11-26(12-10-25)14-21-17(29-7-3)24-18(22-14)30-8-4/h5-12H2,1-4H3. The Labute approximate surface area is 175 Å². The number of anilines is 2. The average Bonchev–Trinajstić information content (AvgIpc) is 2.74. The van der Waals surface area contributed by atoms with E-state index < -0.39 is 0 Å². The van der Waals surface area contributed by atoms with Crippen molar-refractivity contribution in [2.24, 2.45) is 0 Å². The van der Waals surface area contributed by atoms with E-state index in [1.807, 2.05) is 27.7 Å². The molecule has 1 fully saturated rings. The van der Waals surface area contributed by atoms with Gasteiger partial charge in [0.1, 0.15) is 0 Å². The largest absolute Gasteiger partial charge is 0.464 e. The molecule has 3 rings (SSSR count). The molecule has 2 aromatic rings. The molecule has 2 aromatic heterocycles. The number of hydrogen-bond acceptors (Lipinski definition) is 12. The van der Waals surface area contributed by atoms with Crippen molar-refractivity contribution in [2.75, 3.05) is 62.4 Å². The summed E-state index contributed by atoms with van der Waals surface area (Å²) < 4.78 is 21.8. The minimum Gasteiger partial charge on any atom is -0.464 e. The summed E-state index contributed by atoms with van der Waals surface area (Å²) in [6, 6.07) is 1.03. The second-order valence-corrected chi connectivity index (χ2v) is 6.11. The van der Waals surface area contributed by atoms with Crippen LogP contribution in [0.4, 0.5) is 11.9 Å². The van der Waals surface area contributed by atoms with Crippen molar-refractivity contribution >= 4 is 11.9 Å². The maximum absolute atomic E-state index is 5.45. The molecule has 0 unspecified atom stereocenters. The van der Waals surface area contributed by atoms with Gasteiger partial charge in [0, 0.05) is 26.2 Å². The average molecular weight is 420 g/mol. The van der Waals surface area contributed by atoms with Crippen molar-refractivity contribution in [3.05, 3.63) is 0 Å². The summed E-state index contributed by atoms with van der Waals surface area (Å²) in [7, 11) is 0. The molecular formula is C18H28N8O4. The Hall–Kier alpha value is -3.18. The molecule has 30 heavy (non-hydrogen) atoms. The highest BCUT2D eigenvalue weighted by Crippen LogP contribution is 2.21. The second-order valence-electron chi connectivity index (χ2n) is 6.11. The SMILES string of the molecule is CCOc1nc(OCC)nc(N2CCN(c3nc(OCC)nc(OCC)n3)CC2)n1. The van der Waals surface area contributed by atoms with E-state index in [2.05, 4.69) is 39.7 Å². The zero-order valence-electron chi connectivity index (χ0n) is 17.9. The van der Waals surface area contributed by atoms with Crippen LogP contribution in [0.2, 0.25) is 0 Å². The van der Waals surface area contributed by atoms with Crippen LogP contribution in [0.1, 0.15) is 27.7 Å². The van der Waals surface area contributed by atoms with Gasteiger partial charge in [0.05, 0.1) is 26.4 Å². The molecule has 0 aromatic carbocycles.